The molecule has 0 fully saturated rings. The van der Waals surface area contributed by atoms with Gasteiger partial charge in [-0.25, -0.2) is 0 Å². The molecule has 0 radical (unpaired) electrons. The van der Waals surface area contributed by atoms with Crippen LogP contribution < -0.4 is 4.90 Å². The molecule has 3 heteroatoms. The maximum atomic E-state index is 11.8. The predicted molar refractivity (Wildman–Crippen MR) is 58.8 cm³/mol. The summed E-state index contributed by atoms with van der Waals surface area (Å²) in [6.07, 6.45) is -0.0622. The summed E-state index contributed by atoms with van der Waals surface area (Å²) < 4.78 is 0. The van der Waals surface area contributed by atoms with E-state index in [0.29, 0.717) is 0 Å². The number of para-hydroxylation sites is 1. The topological polar surface area (TPSA) is 40.5 Å². The van der Waals surface area contributed by atoms with Crippen LogP contribution in [0.4, 0.5) is 5.69 Å². The predicted octanol–water partition coefficient (Wildman–Crippen LogP) is 1.34. The number of carbonyl (C=O) groups is 1. The molecule has 0 bridgehead atoms. The summed E-state index contributed by atoms with van der Waals surface area (Å²) in [4.78, 5) is 13.5. The van der Waals surface area contributed by atoms with Crippen molar-refractivity contribution in [1.29, 1.82) is 0 Å². The third-order valence-corrected chi connectivity index (χ3v) is 2.80. The summed E-state index contributed by atoms with van der Waals surface area (Å²) in [6, 6.07) is 7.99. The largest absolute Gasteiger partial charge is 0.384 e. The van der Waals surface area contributed by atoms with Crippen molar-refractivity contribution >= 4 is 11.6 Å². The van der Waals surface area contributed by atoms with E-state index in [9.17, 15) is 9.90 Å². The standard InChI is InChI=1S/C12H15NO2/c1-8-7-10-5-3-4-6-11(10)13(8)12(15)9(2)14/h3-6,8-9,14H,7H2,1-2H3. The number of aliphatic hydroxyl groups is 1. The lowest BCUT2D eigenvalue weighted by Crippen LogP contribution is -2.41. The molecule has 0 saturated heterocycles. The van der Waals surface area contributed by atoms with Crippen LogP contribution in [0, 0.1) is 0 Å². The van der Waals surface area contributed by atoms with Crippen molar-refractivity contribution in [2.24, 2.45) is 0 Å². The van der Waals surface area contributed by atoms with Gasteiger partial charge < -0.3 is 10.0 Å². The molecule has 1 amide bonds. The van der Waals surface area contributed by atoms with E-state index in [1.54, 1.807) is 4.90 Å². The van der Waals surface area contributed by atoms with Crippen LogP contribution in [0.1, 0.15) is 19.4 Å². The van der Waals surface area contributed by atoms with E-state index in [2.05, 4.69) is 0 Å². The number of hydrogen-bond acceptors (Lipinski definition) is 2. The molecule has 1 aliphatic heterocycles. The van der Waals surface area contributed by atoms with Crippen molar-refractivity contribution in [3.8, 4) is 0 Å². The van der Waals surface area contributed by atoms with Crippen LogP contribution in [0.3, 0.4) is 0 Å². The summed E-state index contributed by atoms with van der Waals surface area (Å²) in [5, 5.41) is 9.33. The minimum absolute atomic E-state index is 0.143. The quantitative estimate of drug-likeness (QED) is 0.751. The van der Waals surface area contributed by atoms with Crippen molar-refractivity contribution in [2.45, 2.75) is 32.4 Å². The van der Waals surface area contributed by atoms with Crippen molar-refractivity contribution in [3.05, 3.63) is 29.8 Å². The lowest BCUT2D eigenvalue weighted by atomic mass is 10.1. The molecular weight excluding hydrogens is 190 g/mol. The maximum Gasteiger partial charge on any atom is 0.255 e. The third-order valence-electron chi connectivity index (χ3n) is 2.80. The molecule has 0 aliphatic carbocycles. The molecule has 0 saturated carbocycles. The van der Waals surface area contributed by atoms with Gasteiger partial charge in [0.2, 0.25) is 0 Å². The van der Waals surface area contributed by atoms with E-state index < -0.39 is 6.10 Å². The van der Waals surface area contributed by atoms with E-state index in [0.717, 1.165) is 12.1 Å². The first kappa shape index (κ1) is 10.2. The van der Waals surface area contributed by atoms with Crippen LogP contribution in [0.2, 0.25) is 0 Å². The van der Waals surface area contributed by atoms with Crippen LogP contribution >= 0.6 is 0 Å². The zero-order valence-electron chi connectivity index (χ0n) is 8.97. The minimum Gasteiger partial charge on any atom is -0.384 e. The van der Waals surface area contributed by atoms with Gasteiger partial charge in [0.25, 0.3) is 5.91 Å². The molecule has 1 aliphatic rings. The van der Waals surface area contributed by atoms with Crippen LogP contribution in [-0.4, -0.2) is 23.2 Å². The monoisotopic (exact) mass is 205 g/mol. The van der Waals surface area contributed by atoms with E-state index in [1.165, 1.54) is 12.5 Å². The Balaban J connectivity index is 2.38. The summed E-state index contributed by atoms with van der Waals surface area (Å²) in [5.41, 5.74) is 2.12. The van der Waals surface area contributed by atoms with Gasteiger partial charge in [0, 0.05) is 11.7 Å². The Labute approximate surface area is 89.3 Å². The fourth-order valence-corrected chi connectivity index (χ4v) is 2.10. The van der Waals surface area contributed by atoms with Crippen molar-refractivity contribution in [2.75, 3.05) is 4.90 Å². The highest BCUT2D eigenvalue weighted by atomic mass is 16.3. The zero-order chi connectivity index (χ0) is 11.0. The first-order valence-electron chi connectivity index (χ1n) is 5.20. The average Bonchev–Trinajstić information content (AvgIpc) is 2.52. The zero-order valence-corrected chi connectivity index (χ0v) is 8.97. The van der Waals surface area contributed by atoms with Gasteiger partial charge in [-0.05, 0) is 31.9 Å². The van der Waals surface area contributed by atoms with Gasteiger partial charge in [0.15, 0.2) is 0 Å². The number of hydrogen-bond donors (Lipinski definition) is 1. The number of fused-ring (bicyclic) bond motifs is 1. The molecule has 1 heterocycles. The number of nitrogens with zero attached hydrogens (tertiary/aromatic N) is 1. The van der Waals surface area contributed by atoms with Crippen LogP contribution in [0.15, 0.2) is 24.3 Å². The Morgan fingerprint density at radius 2 is 2.20 bits per heavy atom. The fraction of sp³-hybridized carbons (Fsp3) is 0.417. The van der Waals surface area contributed by atoms with E-state index in [4.69, 9.17) is 0 Å². The highest BCUT2D eigenvalue weighted by Crippen LogP contribution is 2.32. The molecule has 2 atom stereocenters. The number of benzene rings is 1. The molecular formula is C12H15NO2. The third kappa shape index (κ3) is 1.63. The maximum absolute atomic E-state index is 11.8. The highest BCUT2D eigenvalue weighted by Gasteiger charge is 2.32. The highest BCUT2D eigenvalue weighted by molar-refractivity contribution is 5.98. The Morgan fingerprint density at radius 1 is 1.53 bits per heavy atom. The fourth-order valence-electron chi connectivity index (χ4n) is 2.10. The van der Waals surface area contributed by atoms with Gasteiger partial charge in [-0.3, -0.25) is 4.79 Å². The first-order valence-corrected chi connectivity index (χ1v) is 5.20. The second-order valence-electron chi connectivity index (χ2n) is 4.07. The van der Waals surface area contributed by atoms with Crippen molar-refractivity contribution in [3.63, 3.8) is 0 Å². The molecule has 1 aromatic rings. The molecule has 1 N–H and O–H groups in total. The Bertz CT molecular complexity index is 387. The van der Waals surface area contributed by atoms with Gasteiger partial charge in [0.05, 0.1) is 0 Å². The number of aliphatic hydroxyl groups excluding tert-OH is 1. The lowest BCUT2D eigenvalue weighted by molar-refractivity contribution is -0.126. The second-order valence-corrected chi connectivity index (χ2v) is 4.07. The lowest BCUT2D eigenvalue weighted by Gasteiger charge is -2.23. The average molecular weight is 205 g/mol. The molecule has 1 aromatic carbocycles. The van der Waals surface area contributed by atoms with E-state index in [-0.39, 0.29) is 11.9 Å². The number of amides is 1. The van der Waals surface area contributed by atoms with Crippen molar-refractivity contribution < 1.29 is 9.90 Å². The molecule has 0 spiro atoms. The Kier molecular flexibility index (Phi) is 2.49. The van der Waals surface area contributed by atoms with Gasteiger partial charge in [-0.1, -0.05) is 18.2 Å². The van der Waals surface area contributed by atoms with Gasteiger partial charge in [0.1, 0.15) is 6.10 Å². The van der Waals surface area contributed by atoms with Gasteiger partial charge >= 0.3 is 0 Å². The number of rotatable bonds is 1. The van der Waals surface area contributed by atoms with E-state index >= 15 is 0 Å². The van der Waals surface area contributed by atoms with Crippen molar-refractivity contribution in [1.82, 2.24) is 0 Å². The smallest absolute Gasteiger partial charge is 0.255 e. The van der Waals surface area contributed by atoms with E-state index in [1.807, 2.05) is 31.2 Å². The summed E-state index contributed by atoms with van der Waals surface area (Å²) in [5.74, 6) is -0.215. The minimum atomic E-state index is -0.932. The van der Waals surface area contributed by atoms with Crippen LogP contribution in [-0.2, 0) is 11.2 Å². The second kappa shape index (κ2) is 3.66. The molecule has 80 valence electrons. The summed E-state index contributed by atoms with van der Waals surface area (Å²) >= 11 is 0. The molecule has 2 rings (SSSR count). The molecule has 3 nitrogen and oxygen atoms in total. The molecule has 15 heavy (non-hydrogen) atoms. The first-order chi connectivity index (χ1) is 7.11. The SMILES string of the molecule is CC(O)C(=O)N1c2ccccc2CC1C. The number of carbonyl (C=O) groups excluding carboxylic acids is 1. The summed E-state index contributed by atoms with van der Waals surface area (Å²) in [7, 11) is 0. The number of anilines is 1. The van der Waals surface area contributed by atoms with Crippen LogP contribution in [0.5, 0.6) is 0 Å². The van der Waals surface area contributed by atoms with Crippen LogP contribution in [0.25, 0.3) is 0 Å². The molecule has 0 aromatic heterocycles. The Morgan fingerprint density at radius 3 is 2.87 bits per heavy atom. The Hall–Kier alpha value is -1.35. The molecule has 2 unspecified atom stereocenters. The summed E-state index contributed by atoms with van der Waals surface area (Å²) in [6.45, 7) is 3.51. The van der Waals surface area contributed by atoms with Gasteiger partial charge in [-0.15, -0.1) is 0 Å². The normalized spacial score (nSPS) is 21.3. The van der Waals surface area contributed by atoms with Gasteiger partial charge in [-0.2, -0.15) is 0 Å².